The summed E-state index contributed by atoms with van der Waals surface area (Å²) in [5.74, 6) is -5.73. The van der Waals surface area contributed by atoms with Crippen molar-refractivity contribution >= 4 is 23.4 Å². The van der Waals surface area contributed by atoms with Gasteiger partial charge in [-0.05, 0) is 31.0 Å². The lowest BCUT2D eigenvalue weighted by atomic mass is 10.00. The van der Waals surface area contributed by atoms with Crippen molar-refractivity contribution in [1.82, 2.24) is 9.80 Å². The molecule has 164 valence electrons. The van der Waals surface area contributed by atoms with Crippen molar-refractivity contribution < 1.29 is 33.0 Å². The number of amides is 2. The number of rotatable bonds is 3. The van der Waals surface area contributed by atoms with Gasteiger partial charge in [-0.2, -0.15) is 0 Å². The van der Waals surface area contributed by atoms with Crippen LogP contribution in [0.3, 0.4) is 0 Å². The summed E-state index contributed by atoms with van der Waals surface area (Å²) in [5.41, 5.74) is 0.0110. The van der Waals surface area contributed by atoms with Crippen LogP contribution in [0, 0.1) is 5.82 Å². The van der Waals surface area contributed by atoms with Gasteiger partial charge in [-0.25, -0.2) is 13.2 Å². The van der Waals surface area contributed by atoms with E-state index in [-0.39, 0.29) is 27.5 Å². The fourth-order valence-electron chi connectivity index (χ4n) is 3.98. The minimum Gasteiger partial charge on any atom is -0.507 e. The maximum atomic E-state index is 14.9. The number of hydrogen-bond acceptors (Lipinski definition) is 4. The Kier molecular flexibility index (Phi) is 5.25. The first-order valence-corrected chi connectivity index (χ1v) is 9.94. The molecule has 1 unspecified atom stereocenters. The summed E-state index contributed by atoms with van der Waals surface area (Å²) in [6.07, 6.45) is 1.05. The van der Waals surface area contributed by atoms with E-state index in [9.17, 15) is 33.0 Å². The average Bonchev–Trinajstić information content (AvgIpc) is 3.17. The van der Waals surface area contributed by atoms with E-state index in [1.165, 1.54) is 17.0 Å². The van der Waals surface area contributed by atoms with Gasteiger partial charge < -0.3 is 20.0 Å². The van der Waals surface area contributed by atoms with E-state index < -0.39 is 48.4 Å². The van der Waals surface area contributed by atoms with Gasteiger partial charge in [-0.15, -0.1) is 0 Å². The highest BCUT2D eigenvalue weighted by Gasteiger charge is 2.46. The van der Waals surface area contributed by atoms with Gasteiger partial charge in [-0.1, -0.05) is 17.7 Å². The van der Waals surface area contributed by atoms with Crippen molar-refractivity contribution in [1.29, 1.82) is 0 Å². The molecule has 2 aromatic rings. The second kappa shape index (κ2) is 7.64. The normalized spacial score (nSPS) is 19.9. The standard InChI is InChI=1S/C21H18ClF3N2O4/c22-14-7-13(17(28)8-18(14)29)20(31)27-5-1-2-16(27)12-4-3-11(6-15(12)23)19(30)26-9-21(24,25)10-26/h3-4,6-8,16,28-29H,1-2,5,9-10H2. The van der Waals surface area contributed by atoms with E-state index in [1.54, 1.807) is 0 Å². The number of benzene rings is 2. The second-order valence-electron chi connectivity index (χ2n) is 7.73. The van der Waals surface area contributed by atoms with E-state index in [0.717, 1.165) is 23.1 Å². The van der Waals surface area contributed by atoms with E-state index in [0.29, 0.717) is 19.4 Å². The Bertz CT molecular complexity index is 1070. The maximum absolute atomic E-state index is 14.9. The van der Waals surface area contributed by atoms with Gasteiger partial charge in [0.2, 0.25) is 0 Å². The topological polar surface area (TPSA) is 81.1 Å². The minimum absolute atomic E-state index is 0.0458. The maximum Gasteiger partial charge on any atom is 0.282 e. The molecule has 2 amide bonds. The Morgan fingerprint density at radius 2 is 1.77 bits per heavy atom. The number of halogens is 4. The van der Waals surface area contributed by atoms with Crippen LogP contribution < -0.4 is 0 Å². The van der Waals surface area contributed by atoms with E-state index in [2.05, 4.69) is 0 Å². The van der Waals surface area contributed by atoms with Crippen LogP contribution in [-0.4, -0.2) is 57.4 Å². The molecular weight excluding hydrogens is 437 g/mol. The van der Waals surface area contributed by atoms with E-state index >= 15 is 0 Å². The Labute approximate surface area is 180 Å². The Hall–Kier alpha value is -2.94. The van der Waals surface area contributed by atoms with Gasteiger partial charge in [0.15, 0.2) is 0 Å². The first-order valence-electron chi connectivity index (χ1n) is 9.56. The lowest BCUT2D eigenvalue weighted by Crippen LogP contribution is -2.58. The van der Waals surface area contributed by atoms with Crippen molar-refractivity contribution in [2.75, 3.05) is 19.6 Å². The van der Waals surface area contributed by atoms with Crippen molar-refractivity contribution in [3.63, 3.8) is 0 Å². The molecule has 4 rings (SSSR count). The highest BCUT2D eigenvalue weighted by Crippen LogP contribution is 2.38. The molecule has 2 N–H and O–H groups in total. The van der Waals surface area contributed by atoms with Gasteiger partial charge in [0.25, 0.3) is 17.7 Å². The molecule has 0 aromatic heterocycles. The molecule has 0 spiro atoms. The molecule has 0 saturated carbocycles. The summed E-state index contributed by atoms with van der Waals surface area (Å²) in [5, 5.41) is 19.5. The molecule has 10 heteroatoms. The van der Waals surface area contributed by atoms with Crippen LogP contribution in [0.1, 0.15) is 45.2 Å². The lowest BCUT2D eigenvalue weighted by molar-refractivity contribution is -0.113. The van der Waals surface area contributed by atoms with Crippen LogP contribution in [-0.2, 0) is 0 Å². The highest BCUT2D eigenvalue weighted by molar-refractivity contribution is 6.32. The van der Waals surface area contributed by atoms with Crippen LogP contribution in [0.2, 0.25) is 5.02 Å². The molecule has 2 aliphatic heterocycles. The number of aromatic hydroxyl groups is 2. The molecule has 2 aromatic carbocycles. The van der Waals surface area contributed by atoms with Gasteiger partial charge in [0.05, 0.1) is 29.7 Å². The highest BCUT2D eigenvalue weighted by atomic mass is 35.5. The molecule has 2 aliphatic rings. The van der Waals surface area contributed by atoms with Crippen molar-refractivity contribution in [3.8, 4) is 11.5 Å². The number of nitrogens with zero attached hydrogens (tertiary/aromatic N) is 2. The molecule has 2 saturated heterocycles. The van der Waals surface area contributed by atoms with Crippen molar-refractivity contribution in [2.45, 2.75) is 24.8 Å². The van der Waals surface area contributed by atoms with Crippen LogP contribution in [0.15, 0.2) is 30.3 Å². The van der Waals surface area contributed by atoms with Crippen LogP contribution in [0.5, 0.6) is 11.5 Å². The third-order valence-electron chi connectivity index (χ3n) is 5.55. The number of likely N-dealkylation sites (tertiary alicyclic amines) is 2. The number of carbonyl (C=O) groups excluding carboxylic acids is 2. The number of hydrogen-bond donors (Lipinski definition) is 2. The Balaban J connectivity index is 1.57. The average molecular weight is 455 g/mol. The van der Waals surface area contributed by atoms with Gasteiger partial charge >= 0.3 is 0 Å². The van der Waals surface area contributed by atoms with Gasteiger partial charge in [0, 0.05) is 23.7 Å². The molecule has 2 heterocycles. The fraction of sp³-hybridized carbons (Fsp3) is 0.333. The van der Waals surface area contributed by atoms with Crippen LogP contribution in [0.25, 0.3) is 0 Å². The van der Waals surface area contributed by atoms with Crippen LogP contribution >= 0.6 is 11.6 Å². The predicted octanol–water partition coefficient (Wildman–Crippen LogP) is 3.96. The zero-order chi connectivity index (χ0) is 22.5. The molecule has 0 bridgehead atoms. The SMILES string of the molecule is O=C(c1ccc(C2CCCN2C(=O)c2cc(Cl)c(O)cc2O)c(F)c1)N1CC(F)(F)C1. The molecule has 1 atom stereocenters. The number of phenols is 2. The van der Waals surface area contributed by atoms with Crippen molar-refractivity contribution in [2.24, 2.45) is 0 Å². The third-order valence-corrected chi connectivity index (χ3v) is 5.85. The van der Waals surface area contributed by atoms with Gasteiger partial charge in [-0.3, -0.25) is 9.59 Å². The zero-order valence-electron chi connectivity index (χ0n) is 16.1. The monoisotopic (exact) mass is 454 g/mol. The summed E-state index contributed by atoms with van der Waals surface area (Å²) < 4.78 is 40.9. The Morgan fingerprint density at radius 3 is 2.42 bits per heavy atom. The summed E-state index contributed by atoms with van der Waals surface area (Å²) in [4.78, 5) is 27.6. The second-order valence-corrected chi connectivity index (χ2v) is 8.14. The fourth-order valence-corrected chi connectivity index (χ4v) is 4.14. The molecule has 31 heavy (non-hydrogen) atoms. The smallest absolute Gasteiger partial charge is 0.282 e. The predicted molar refractivity (Wildman–Crippen MR) is 105 cm³/mol. The summed E-state index contributed by atoms with van der Waals surface area (Å²) in [6.45, 7) is -1.08. The minimum atomic E-state index is -2.92. The first-order chi connectivity index (χ1) is 14.6. The van der Waals surface area contributed by atoms with Gasteiger partial charge in [0.1, 0.15) is 17.3 Å². The largest absolute Gasteiger partial charge is 0.507 e. The van der Waals surface area contributed by atoms with E-state index in [1.807, 2.05) is 0 Å². The lowest BCUT2D eigenvalue weighted by Gasteiger charge is -2.38. The molecule has 0 radical (unpaired) electrons. The number of alkyl halides is 2. The third kappa shape index (κ3) is 3.89. The quantitative estimate of drug-likeness (QED) is 0.735. The molecule has 6 nitrogen and oxygen atoms in total. The Morgan fingerprint density at radius 1 is 1.06 bits per heavy atom. The number of carbonyl (C=O) groups is 2. The summed E-state index contributed by atoms with van der Waals surface area (Å²) in [6, 6.07) is 5.18. The number of phenolic OH excluding ortho intramolecular Hbond substituents is 2. The van der Waals surface area contributed by atoms with E-state index in [4.69, 9.17) is 11.6 Å². The molecule has 2 fully saturated rings. The molecule has 0 aliphatic carbocycles. The van der Waals surface area contributed by atoms with Crippen LogP contribution in [0.4, 0.5) is 13.2 Å². The summed E-state index contributed by atoms with van der Waals surface area (Å²) >= 11 is 5.85. The zero-order valence-corrected chi connectivity index (χ0v) is 16.9. The molecular formula is C21H18ClF3N2O4. The summed E-state index contributed by atoms with van der Waals surface area (Å²) in [7, 11) is 0. The first kappa shape index (κ1) is 21.3. The van der Waals surface area contributed by atoms with Crippen molar-refractivity contribution in [3.05, 3.63) is 57.9 Å².